The van der Waals surface area contributed by atoms with E-state index in [2.05, 4.69) is 5.32 Å². The first kappa shape index (κ1) is 13.6. The average molecular weight is 305 g/mol. The zero-order chi connectivity index (χ0) is 16.1. The van der Waals surface area contributed by atoms with Crippen LogP contribution in [0.1, 0.15) is 49.7 Å². The summed E-state index contributed by atoms with van der Waals surface area (Å²) in [6, 6.07) is 11.5. The molecule has 0 aromatic heterocycles. The second-order valence-electron chi connectivity index (χ2n) is 5.68. The number of carbonyl (C=O) groups excluding carboxylic acids is 4. The zero-order valence-electron chi connectivity index (χ0n) is 12.0. The molecule has 112 valence electrons. The summed E-state index contributed by atoms with van der Waals surface area (Å²) in [7, 11) is 0. The number of rotatable bonds is 1. The molecule has 0 spiro atoms. The fourth-order valence-corrected chi connectivity index (χ4v) is 3.16. The third kappa shape index (κ3) is 1.93. The molecule has 0 saturated carbocycles. The van der Waals surface area contributed by atoms with Gasteiger partial charge < -0.3 is 0 Å². The van der Waals surface area contributed by atoms with Gasteiger partial charge in [-0.2, -0.15) is 0 Å². The van der Waals surface area contributed by atoms with Gasteiger partial charge in [-0.05, 0) is 17.7 Å². The number of amides is 2. The van der Waals surface area contributed by atoms with E-state index >= 15 is 0 Å². The maximum atomic E-state index is 12.6. The molecule has 1 fully saturated rings. The summed E-state index contributed by atoms with van der Waals surface area (Å²) in [5.41, 5.74) is 1.97. The van der Waals surface area contributed by atoms with Crippen molar-refractivity contribution < 1.29 is 19.2 Å². The van der Waals surface area contributed by atoms with E-state index in [9.17, 15) is 19.2 Å². The number of ketones is 2. The Bertz CT molecular complexity index is 913. The molecular formula is C18H11NO4. The smallest absolute Gasteiger partial charge is 0.234 e. The summed E-state index contributed by atoms with van der Waals surface area (Å²) in [6.07, 6.45) is 0.0658. The molecule has 1 unspecified atom stereocenters. The molecule has 5 nitrogen and oxygen atoms in total. The van der Waals surface area contributed by atoms with Crippen LogP contribution in [0, 0.1) is 0 Å². The van der Waals surface area contributed by atoms with Gasteiger partial charge in [0.2, 0.25) is 11.8 Å². The van der Waals surface area contributed by atoms with Crippen LogP contribution in [0.3, 0.4) is 0 Å². The maximum Gasteiger partial charge on any atom is 0.234 e. The molecule has 1 aliphatic heterocycles. The van der Waals surface area contributed by atoms with Crippen molar-refractivity contribution in [3.63, 3.8) is 0 Å². The molecule has 2 aromatic carbocycles. The third-order valence-electron chi connectivity index (χ3n) is 4.32. The second-order valence-corrected chi connectivity index (χ2v) is 5.68. The van der Waals surface area contributed by atoms with Crippen molar-refractivity contribution in [2.75, 3.05) is 0 Å². The number of imide groups is 1. The van der Waals surface area contributed by atoms with Crippen molar-refractivity contribution in [2.45, 2.75) is 12.3 Å². The van der Waals surface area contributed by atoms with Crippen LogP contribution in [0.4, 0.5) is 0 Å². The molecule has 1 aliphatic carbocycles. The lowest BCUT2D eigenvalue weighted by Gasteiger charge is -2.18. The lowest BCUT2D eigenvalue weighted by molar-refractivity contribution is -0.125. The fourth-order valence-electron chi connectivity index (χ4n) is 3.16. The van der Waals surface area contributed by atoms with Crippen molar-refractivity contribution in [1.82, 2.24) is 5.32 Å². The summed E-state index contributed by atoms with van der Waals surface area (Å²) in [5, 5.41) is 2.25. The molecule has 0 radical (unpaired) electrons. The number of hydrogen-bond donors (Lipinski definition) is 1. The second kappa shape index (κ2) is 4.71. The van der Waals surface area contributed by atoms with Gasteiger partial charge in [0.25, 0.3) is 0 Å². The maximum absolute atomic E-state index is 12.6. The average Bonchev–Trinajstić information content (AvgIpc) is 2.90. The number of nitrogens with one attached hydrogen (secondary N) is 1. The molecule has 2 amide bonds. The Hall–Kier alpha value is -3.08. The summed E-state index contributed by atoms with van der Waals surface area (Å²) >= 11 is 0. The largest absolute Gasteiger partial charge is 0.296 e. The van der Waals surface area contributed by atoms with Crippen LogP contribution in [0.15, 0.2) is 42.5 Å². The molecule has 0 bridgehead atoms. The Morgan fingerprint density at radius 1 is 0.783 bits per heavy atom. The van der Waals surface area contributed by atoms with Crippen LogP contribution in [0.25, 0.3) is 0 Å². The highest BCUT2D eigenvalue weighted by Crippen LogP contribution is 2.31. The van der Waals surface area contributed by atoms with Gasteiger partial charge in [-0.3, -0.25) is 24.5 Å². The van der Waals surface area contributed by atoms with E-state index in [1.165, 1.54) is 0 Å². The van der Waals surface area contributed by atoms with Crippen LogP contribution in [0.2, 0.25) is 0 Å². The summed E-state index contributed by atoms with van der Waals surface area (Å²) in [4.78, 5) is 48.3. The molecule has 1 heterocycles. The topological polar surface area (TPSA) is 80.3 Å². The van der Waals surface area contributed by atoms with Gasteiger partial charge in [0.15, 0.2) is 11.6 Å². The highest BCUT2D eigenvalue weighted by atomic mass is 16.2. The van der Waals surface area contributed by atoms with Crippen LogP contribution in [0.5, 0.6) is 0 Å². The predicted molar refractivity (Wildman–Crippen MR) is 80.3 cm³/mol. The molecule has 5 heteroatoms. The Kier molecular flexibility index (Phi) is 2.78. The lowest BCUT2D eigenvalue weighted by atomic mass is 9.82. The highest BCUT2D eigenvalue weighted by molar-refractivity contribution is 6.28. The molecular weight excluding hydrogens is 294 g/mol. The molecule has 2 aliphatic rings. The van der Waals surface area contributed by atoms with E-state index in [0.29, 0.717) is 27.8 Å². The van der Waals surface area contributed by atoms with Gasteiger partial charge >= 0.3 is 0 Å². The minimum atomic E-state index is -0.604. The van der Waals surface area contributed by atoms with Crippen molar-refractivity contribution in [2.24, 2.45) is 0 Å². The van der Waals surface area contributed by atoms with Gasteiger partial charge in [-0.1, -0.05) is 30.3 Å². The zero-order valence-corrected chi connectivity index (χ0v) is 12.0. The Labute approximate surface area is 131 Å². The molecule has 1 atom stereocenters. The predicted octanol–water partition coefficient (Wildman–Crippen LogP) is 1.59. The van der Waals surface area contributed by atoms with Gasteiger partial charge in [0.05, 0.1) is 5.92 Å². The minimum Gasteiger partial charge on any atom is -0.296 e. The van der Waals surface area contributed by atoms with Crippen molar-refractivity contribution >= 4 is 23.4 Å². The number of hydrogen-bond acceptors (Lipinski definition) is 4. The third-order valence-corrected chi connectivity index (χ3v) is 4.32. The summed E-state index contributed by atoms with van der Waals surface area (Å²) in [6.45, 7) is 0. The first-order chi connectivity index (χ1) is 11.1. The quantitative estimate of drug-likeness (QED) is 0.692. The first-order valence-electron chi connectivity index (χ1n) is 7.22. The highest BCUT2D eigenvalue weighted by Gasteiger charge is 2.34. The van der Waals surface area contributed by atoms with Crippen molar-refractivity contribution in [1.29, 1.82) is 0 Å². The normalized spacial score (nSPS) is 19.4. The molecule has 2 aromatic rings. The van der Waals surface area contributed by atoms with E-state index in [-0.39, 0.29) is 29.8 Å². The Balaban J connectivity index is 1.84. The fraction of sp³-hybridized carbons (Fsp3) is 0.111. The van der Waals surface area contributed by atoms with Crippen LogP contribution < -0.4 is 5.32 Å². The molecule has 4 rings (SSSR count). The van der Waals surface area contributed by atoms with Gasteiger partial charge in [0.1, 0.15) is 0 Å². The standard InChI is InChI=1S/C18H11NO4/c20-15-8-13(18(23)19-15)9-5-6-12-14(7-9)17(22)11-4-2-1-3-10(11)16(12)21/h1-7,13H,8H2,(H,19,20,23). The monoisotopic (exact) mass is 305 g/mol. The van der Waals surface area contributed by atoms with Gasteiger partial charge in [-0.15, -0.1) is 0 Å². The number of carbonyl (C=O) groups is 4. The molecule has 23 heavy (non-hydrogen) atoms. The van der Waals surface area contributed by atoms with Crippen LogP contribution >= 0.6 is 0 Å². The van der Waals surface area contributed by atoms with Gasteiger partial charge in [-0.25, -0.2) is 0 Å². The summed E-state index contributed by atoms with van der Waals surface area (Å²) in [5.74, 6) is -1.74. The Morgan fingerprint density at radius 3 is 2.00 bits per heavy atom. The van der Waals surface area contributed by atoms with E-state index in [1.54, 1.807) is 42.5 Å². The van der Waals surface area contributed by atoms with Crippen LogP contribution in [-0.2, 0) is 9.59 Å². The minimum absolute atomic E-state index is 0.0658. The molecule has 1 saturated heterocycles. The van der Waals surface area contributed by atoms with E-state index in [4.69, 9.17) is 0 Å². The van der Waals surface area contributed by atoms with E-state index < -0.39 is 5.92 Å². The SMILES string of the molecule is O=C1CC(c2ccc3c(c2)C(=O)c2ccccc2C3=O)C(=O)N1. The number of benzene rings is 2. The van der Waals surface area contributed by atoms with Crippen LogP contribution in [-0.4, -0.2) is 23.4 Å². The van der Waals surface area contributed by atoms with Crippen molar-refractivity contribution in [3.05, 3.63) is 70.3 Å². The summed E-state index contributed by atoms with van der Waals surface area (Å²) < 4.78 is 0. The number of fused-ring (bicyclic) bond motifs is 2. The van der Waals surface area contributed by atoms with Gasteiger partial charge in [0, 0.05) is 28.7 Å². The van der Waals surface area contributed by atoms with Crippen molar-refractivity contribution in [3.8, 4) is 0 Å². The van der Waals surface area contributed by atoms with E-state index in [1.807, 2.05) is 0 Å². The first-order valence-corrected chi connectivity index (χ1v) is 7.22. The lowest BCUT2D eigenvalue weighted by Crippen LogP contribution is -2.23. The van der Waals surface area contributed by atoms with E-state index in [0.717, 1.165) is 0 Å². The molecule has 1 N–H and O–H groups in total. The Morgan fingerprint density at radius 2 is 1.39 bits per heavy atom.